The van der Waals surface area contributed by atoms with E-state index in [4.69, 9.17) is 0 Å². The number of amides is 2. The van der Waals surface area contributed by atoms with Gasteiger partial charge in [0.2, 0.25) is 5.91 Å². The van der Waals surface area contributed by atoms with E-state index in [2.05, 4.69) is 15.4 Å². The van der Waals surface area contributed by atoms with E-state index in [1.54, 1.807) is 24.3 Å². The zero-order valence-electron chi connectivity index (χ0n) is 10.1. The fourth-order valence-corrected chi connectivity index (χ4v) is 1.30. The number of anilines is 1. The van der Waals surface area contributed by atoms with Crippen molar-refractivity contribution in [1.82, 2.24) is 5.32 Å². The first-order valence-corrected chi connectivity index (χ1v) is 5.26. The summed E-state index contributed by atoms with van der Waals surface area (Å²) in [5.74, 6) is -1.27. The number of ether oxygens (including phenoxy) is 1. The van der Waals surface area contributed by atoms with Gasteiger partial charge in [-0.3, -0.25) is 14.4 Å². The number of benzene rings is 1. The number of hydrogen-bond donors (Lipinski definition) is 2. The Kier molecular flexibility index (Phi) is 4.86. The summed E-state index contributed by atoms with van der Waals surface area (Å²) in [7, 11) is 1.24. The molecule has 0 saturated heterocycles. The van der Waals surface area contributed by atoms with Gasteiger partial charge < -0.3 is 15.4 Å². The predicted molar refractivity (Wildman–Crippen MR) is 65.1 cm³/mol. The van der Waals surface area contributed by atoms with Gasteiger partial charge in [0, 0.05) is 6.92 Å². The Morgan fingerprint density at radius 1 is 1.22 bits per heavy atom. The first-order chi connectivity index (χ1) is 8.54. The number of carbonyl (C=O) groups is 3. The second-order valence-corrected chi connectivity index (χ2v) is 3.49. The Hall–Kier alpha value is -2.37. The normalized spacial score (nSPS) is 9.44. The molecule has 0 aliphatic carbocycles. The van der Waals surface area contributed by atoms with Gasteiger partial charge in [0.1, 0.15) is 6.54 Å². The minimum atomic E-state index is -0.541. The zero-order valence-corrected chi connectivity index (χ0v) is 10.1. The third kappa shape index (κ3) is 3.89. The van der Waals surface area contributed by atoms with Crippen LogP contribution in [0.4, 0.5) is 5.69 Å². The summed E-state index contributed by atoms with van der Waals surface area (Å²) >= 11 is 0. The van der Waals surface area contributed by atoms with Crippen LogP contribution in [-0.2, 0) is 14.3 Å². The predicted octanol–water partition coefficient (Wildman–Crippen LogP) is 0.548. The molecule has 1 aromatic carbocycles. The number of hydrogen-bond acceptors (Lipinski definition) is 4. The Morgan fingerprint density at radius 3 is 2.50 bits per heavy atom. The smallest absolute Gasteiger partial charge is 0.325 e. The number of para-hydroxylation sites is 1. The van der Waals surface area contributed by atoms with Gasteiger partial charge in [-0.2, -0.15) is 0 Å². The van der Waals surface area contributed by atoms with Gasteiger partial charge in [-0.05, 0) is 12.1 Å². The van der Waals surface area contributed by atoms with E-state index in [1.165, 1.54) is 14.0 Å². The van der Waals surface area contributed by atoms with Gasteiger partial charge in [0.05, 0.1) is 18.4 Å². The number of rotatable bonds is 4. The van der Waals surface area contributed by atoms with Gasteiger partial charge in [0.15, 0.2) is 0 Å². The van der Waals surface area contributed by atoms with Crippen molar-refractivity contribution in [3.8, 4) is 0 Å². The van der Waals surface area contributed by atoms with Crippen LogP contribution in [0, 0.1) is 0 Å². The van der Waals surface area contributed by atoms with Crippen LogP contribution in [-0.4, -0.2) is 31.4 Å². The van der Waals surface area contributed by atoms with Gasteiger partial charge in [0.25, 0.3) is 5.91 Å². The third-order valence-corrected chi connectivity index (χ3v) is 2.10. The summed E-state index contributed by atoms with van der Waals surface area (Å²) in [6, 6.07) is 6.52. The third-order valence-electron chi connectivity index (χ3n) is 2.10. The van der Waals surface area contributed by atoms with Gasteiger partial charge >= 0.3 is 5.97 Å². The Morgan fingerprint density at radius 2 is 1.89 bits per heavy atom. The first kappa shape index (κ1) is 13.7. The van der Waals surface area contributed by atoms with Crippen molar-refractivity contribution in [2.75, 3.05) is 19.0 Å². The van der Waals surface area contributed by atoms with Gasteiger partial charge in [-0.1, -0.05) is 12.1 Å². The van der Waals surface area contributed by atoms with Crippen molar-refractivity contribution in [2.24, 2.45) is 0 Å². The SMILES string of the molecule is COC(=O)CNC(=O)c1ccccc1NC(C)=O. The molecule has 6 heteroatoms. The maximum absolute atomic E-state index is 11.8. The number of nitrogens with one attached hydrogen (secondary N) is 2. The fraction of sp³-hybridized carbons (Fsp3) is 0.250. The molecule has 2 N–H and O–H groups in total. The molecule has 96 valence electrons. The van der Waals surface area contributed by atoms with Crippen molar-refractivity contribution in [3.05, 3.63) is 29.8 Å². The molecule has 0 aliphatic heterocycles. The number of carbonyl (C=O) groups excluding carboxylic acids is 3. The number of methoxy groups -OCH3 is 1. The largest absolute Gasteiger partial charge is 0.468 e. The van der Waals surface area contributed by atoms with E-state index in [9.17, 15) is 14.4 Å². The molecule has 0 spiro atoms. The van der Waals surface area contributed by atoms with E-state index in [1.807, 2.05) is 0 Å². The topological polar surface area (TPSA) is 84.5 Å². The highest BCUT2D eigenvalue weighted by molar-refractivity contribution is 6.04. The van der Waals surface area contributed by atoms with E-state index >= 15 is 0 Å². The van der Waals surface area contributed by atoms with Crippen LogP contribution in [0.1, 0.15) is 17.3 Å². The molecule has 0 fully saturated rings. The minimum Gasteiger partial charge on any atom is -0.468 e. The highest BCUT2D eigenvalue weighted by Crippen LogP contribution is 2.14. The molecule has 0 saturated carbocycles. The lowest BCUT2D eigenvalue weighted by Crippen LogP contribution is -2.30. The lowest BCUT2D eigenvalue weighted by Gasteiger charge is -2.09. The quantitative estimate of drug-likeness (QED) is 0.764. The molecule has 0 bridgehead atoms. The molecule has 2 amide bonds. The highest BCUT2D eigenvalue weighted by Gasteiger charge is 2.12. The highest BCUT2D eigenvalue weighted by atomic mass is 16.5. The van der Waals surface area contributed by atoms with Crippen molar-refractivity contribution < 1.29 is 19.1 Å². The molecule has 1 rings (SSSR count). The maximum Gasteiger partial charge on any atom is 0.325 e. The zero-order chi connectivity index (χ0) is 13.5. The van der Waals surface area contributed by atoms with Crippen molar-refractivity contribution in [2.45, 2.75) is 6.92 Å². The first-order valence-electron chi connectivity index (χ1n) is 5.26. The summed E-state index contributed by atoms with van der Waals surface area (Å²) in [5.41, 5.74) is 0.684. The van der Waals surface area contributed by atoms with Crippen LogP contribution in [0.5, 0.6) is 0 Å². The summed E-state index contributed by atoms with van der Waals surface area (Å²) in [6.45, 7) is 1.13. The van der Waals surface area contributed by atoms with Crippen LogP contribution in [0.15, 0.2) is 24.3 Å². The van der Waals surface area contributed by atoms with Gasteiger partial charge in [-0.25, -0.2) is 0 Å². The molecule has 0 radical (unpaired) electrons. The molecule has 0 aromatic heterocycles. The van der Waals surface area contributed by atoms with Crippen LogP contribution in [0.3, 0.4) is 0 Å². The standard InChI is InChI=1S/C12H14N2O4/c1-8(15)14-10-6-4-3-5-9(10)12(17)13-7-11(16)18-2/h3-6H,7H2,1-2H3,(H,13,17)(H,14,15). The molecule has 0 aliphatic rings. The monoisotopic (exact) mass is 250 g/mol. The van der Waals surface area contributed by atoms with Crippen molar-refractivity contribution >= 4 is 23.5 Å². The summed E-state index contributed by atoms with van der Waals surface area (Å²) < 4.78 is 4.41. The second kappa shape index (κ2) is 6.39. The minimum absolute atomic E-state index is 0.219. The molecular formula is C12H14N2O4. The average molecular weight is 250 g/mol. The summed E-state index contributed by atoms with van der Waals surface area (Å²) in [6.07, 6.45) is 0. The van der Waals surface area contributed by atoms with Crippen LogP contribution in [0.2, 0.25) is 0 Å². The summed E-state index contributed by atoms with van der Waals surface area (Å²) in [4.78, 5) is 33.7. The molecule has 0 atom stereocenters. The maximum atomic E-state index is 11.8. The van der Waals surface area contributed by atoms with Gasteiger partial charge in [-0.15, -0.1) is 0 Å². The Labute approximate surface area is 104 Å². The Bertz CT molecular complexity index is 471. The molecule has 0 heterocycles. The average Bonchev–Trinajstić information content (AvgIpc) is 2.35. The molecule has 1 aromatic rings. The lowest BCUT2D eigenvalue weighted by atomic mass is 10.1. The van der Waals surface area contributed by atoms with Crippen molar-refractivity contribution in [3.63, 3.8) is 0 Å². The molecule has 0 unspecified atom stereocenters. The number of esters is 1. The molecule has 18 heavy (non-hydrogen) atoms. The molecule has 6 nitrogen and oxygen atoms in total. The lowest BCUT2D eigenvalue weighted by molar-refractivity contribution is -0.139. The van der Waals surface area contributed by atoms with Crippen molar-refractivity contribution in [1.29, 1.82) is 0 Å². The van der Waals surface area contributed by atoms with Crippen LogP contribution < -0.4 is 10.6 Å². The van der Waals surface area contributed by atoms with E-state index in [0.717, 1.165) is 0 Å². The fourth-order valence-electron chi connectivity index (χ4n) is 1.30. The second-order valence-electron chi connectivity index (χ2n) is 3.49. The summed E-state index contributed by atoms with van der Waals surface area (Å²) in [5, 5.41) is 4.94. The molecular weight excluding hydrogens is 236 g/mol. The van der Waals surface area contributed by atoms with E-state index < -0.39 is 11.9 Å². The van der Waals surface area contributed by atoms with Crippen LogP contribution >= 0.6 is 0 Å². The Balaban J connectivity index is 2.78. The van der Waals surface area contributed by atoms with E-state index in [0.29, 0.717) is 5.69 Å². The van der Waals surface area contributed by atoms with E-state index in [-0.39, 0.29) is 18.0 Å². The van der Waals surface area contributed by atoms with Crippen LogP contribution in [0.25, 0.3) is 0 Å².